The van der Waals surface area contributed by atoms with Crippen LogP contribution < -0.4 is 5.32 Å². The Morgan fingerprint density at radius 2 is 1.92 bits per heavy atom. The molecule has 0 unspecified atom stereocenters. The van der Waals surface area contributed by atoms with Gasteiger partial charge in [-0.15, -0.1) is 11.8 Å². The molecule has 4 nitrogen and oxygen atoms in total. The fourth-order valence-corrected chi connectivity index (χ4v) is 5.13. The minimum Gasteiger partial charge on any atom is -0.353 e. The molecule has 1 N–H and O–H groups in total. The first-order valence-electron chi connectivity index (χ1n) is 9.00. The summed E-state index contributed by atoms with van der Waals surface area (Å²) in [5, 5.41) is 3.28. The Bertz CT molecular complexity index is 545. The highest BCUT2D eigenvalue weighted by Crippen LogP contribution is 2.45. The number of nitrogens with one attached hydrogen (secondary N) is 1. The Morgan fingerprint density at radius 3 is 2.62 bits per heavy atom. The molecule has 1 aromatic rings. The molecular formula is C19H29N3OS. The second-order valence-electron chi connectivity index (χ2n) is 7.22. The third-order valence-electron chi connectivity index (χ3n) is 5.36. The van der Waals surface area contributed by atoms with Crippen molar-refractivity contribution in [3.05, 3.63) is 30.3 Å². The third kappa shape index (κ3) is 4.13. The molecule has 1 aliphatic carbocycles. The van der Waals surface area contributed by atoms with Crippen molar-refractivity contribution in [1.82, 2.24) is 15.1 Å². The molecule has 1 heterocycles. The molecule has 0 radical (unpaired) electrons. The zero-order valence-electron chi connectivity index (χ0n) is 14.8. The summed E-state index contributed by atoms with van der Waals surface area (Å²) in [5.41, 5.74) is 0. The Balaban J connectivity index is 1.62. The lowest BCUT2D eigenvalue weighted by Gasteiger charge is -2.38. The van der Waals surface area contributed by atoms with Gasteiger partial charge in [-0.3, -0.25) is 9.69 Å². The van der Waals surface area contributed by atoms with Crippen molar-refractivity contribution in [3.63, 3.8) is 0 Å². The normalized spacial score (nSPS) is 24.8. The molecule has 1 amide bonds. The quantitative estimate of drug-likeness (QED) is 0.887. The van der Waals surface area contributed by atoms with Gasteiger partial charge < -0.3 is 10.2 Å². The number of rotatable bonds is 5. The molecule has 132 valence electrons. The van der Waals surface area contributed by atoms with E-state index in [1.165, 1.54) is 4.90 Å². The molecule has 1 saturated heterocycles. The summed E-state index contributed by atoms with van der Waals surface area (Å²) in [6.07, 6.45) is 4.27. The zero-order valence-corrected chi connectivity index (χ0v) is 15.6. The Morgan fingerprint density at radius 1 is 1.21 bits per heavy atom. The van der Waals surface area contributed by atoms with Crippen LogP contribution in [0.2, 0.25) is 0 Å². The van der Waals surface area contributed by atoms with Gasteiger partial charge >= 0.3 is 0 Å². The van der Waals surface area contributed by atoms with E-state index >= 15 is 0 Å². The standard InChI is InChI=1S/C19H29N3OS/c1-21-12-13-22(2)16(15-21)14-20-18(23)19(10-6-7-11-19)24-17-8-4-3-5-9-17/h3-5,8-9,16H,6-7,10-15H2,1-2H3,(H,20,23)/t16-/m0/s1. The molecule has 0 bridgehead atoms. The van der Waals surface area contributed by atoms with Gasteiger partial charge in [0.05, 0.1) is 4.75 Å². The van der Waals surface area contributed by atoms with Gasteiger partial charge in [0.1, 0.15) is 0 Å². The number of piperazine rings is 1. The number of likely N-dealkylation sites (N-methyl/N-ethyl adjacent to an activating group) is 2. The first kappa shape index (κ1) is 17.8. The van der Waals surface area contributed by atoms with Crippen molar-refractivity contribution in [3.8, 4) is 0 Å². The lowest BCUT2D eigenvalue weighted by atomic mass is 10.1. The molecule has 1 aromatic carbocycles. The average molecular weight is 348 g/mol. The number of thioether (sulfide) groups is 1. The van der Waals surface area contributed by atoms with Crippen LogP contribution >= 0.6 is 11.8 Å². The van der Waals surface area contributed by atoms with E-state index in [9.17, 15) is 4.79 Å². The second kappa shape index (κ2) is 7.89. The molecule has 3 rings (SSSR count). The summed E-state index contributed by atoms with van der Waals surface area (Å²) in [5.74, 6) is 0.232. The molecule has 0 spiro atoms. The van der Waals surface area contributed by atoms with E-state index in [0.29, 0.717) is 6.04 Å². The monoisotopic (exact) mass is 347 g/mol. The predicted molar refractivity (Wildman–Crippen MR) is 100 cm³/mol. The average Bonchev–Trinajstić information content (AvgIpc) is 3.06. The molecule has 2 fully saturated rings. The van der Waals surface area contributed by atoms with Crippen molar-refractivity contribution in [2.75, 3.05) is 40.3 Å². The highest BCUT2D eigenvalue weighted by molar-refractivity contribution is 8.01. The van der Waals surface area contributed by atoms with Crippen LogP contribution in [0.4, 0.5) is 0 Å². The summed E-state index contributed by atoms with van der Waals surface area (Å²) >= 11 is 1.76. The van der Waals surface area contributed by atoms with Crippen LogP contribution in [0.1, 0.15) is 25.7 Å². The van der Waals surface area contributed by atoms with Crippen LogP contribution in [-0.4, -0.2) is 66.8 Å². The van der Waals surface area contributed by atoms with Gasteiger partial charge in [-0.05, 0) is 39.1 Å². The predicted octanol–water partition coefficient (Wildman–Crippen LogP) is 2.45. The first-order chi connectivity index (χ1) is 11.6. The van der Waals surface area contributed by atoms with Crippen molar-refractivity contribution < 1.29 is 4.79 Å². The van der Waals surface area contributed by atoms with Crippen LogP contribution in [0.3, 0.4) is 0 Å². The van der Waals surface area contributed by atoms with Crippen LogP contribution in [0.15, 0.2) is 35.2 Å². The van der Waals surface area contributed by atoms with E-state index in [2.05, 4.69) is 53.5 Å². The third-order valence-corrected chi connectivity index (χ3v) is 6.85. The fourth-order valence-electron chi connectivity index (χ4n) is 3.73. The summed E-state index contributed by atoms with van der Waals surface area (Å²) < 4.78 is -0.277. The molecule has 1 atom stereocenters. The van der Waals surface area contributed by atoms with Gasteiger partial charge in [0, 0.05) is 37.1 Å². The molecule has 2 aliphatic rings. The smallest absolute Gasteiger partial charge is 0.236 e. The fraction of sp³-hybridized carbons (Fsp3) is 0.632. The van der Waals surface area contributed by atoms with Crippen molar-refractivity contribution in [2.45, 2.75) is 41.4 Å². The molecule has 1 aliphatic heterocycles. The molecule has 1 saturated carbocycles. The van der Waals surface area contributed by atoms with Gasteiger partial charge in [0.15, 0.2) is 0 Å². The summed E-state index contributed by atoms with van der Waals surface area (Å²) in [7, 11) is 4.32. The second-order valence-corrected chi connectivity index (χ2v) is 8.68. The number of hydrogen-bond donors (Lipinski definition) is 1. The van der Waals surface area contributed by atoms with E-state index in [1.54, 1.807) is 11.8 Å². The van der Waals surface area contributed by atoms with E-state index in [0.717, 1.165) is 51.9 Å². The highest BCUT2D eigenvalue weighted by atomic mass is 32.2. The number of carbonyl (C=O) groups is 1. The number of benzene rings is 1. The van der Waals surface area contributed by atoms with E-state index in [4.69, 9.17) is 0 Å². The van der Waals surface area contributed by atoms with Crippen LogP contribution in [-0.2, 0) is 4.79 Å². The van der Waals surface area contributed by atoms with Gasteiger partial charge in [0.25, 0.3) is 0 Å². The van der Waals surface area contributed by atoms with E-state index in [1.807, 2.05) is 6.07 Å². The molecular weight excluding hydrogens is 318 g/mol. The lowest BCUT2D eigenvalue weighted by Crippen LogP contribution is -2.56. The van der Waals surface area contributed by atoms with Gasteiger partial charge in [0.2, 0.25) is 5.91 Å². The molecule has 24 heavy (non-hydrogen) atoms. The SMILES string of the molecule is CN1CCN(C)[C@@H](CNC(=O)C2(Sc3ccccc3)CCCC2)C1. The molecule has 5 heteroatoms. The Labute approximate surface area is 150 Å². The summed E-state index contributed by atoms with van der Waals surface area (Å²) in [6, 6.07) is 10.8. The number of nitrogens with zero attached hydrogens (tertiary/aromatic N) is 2. The van der Waals surface area contributed by atoms with Crippen LogP contribution in [0, 0.1) is 0 Å². The maximum atomic E-state index is 13.0. The topological polar surface area (TPSA) is 35.6 Å². The van der Waals surface area contributed by atoms with Crippen molar-refractivity contribution in [2.24, 2.45) is 0 Å². The maximum Gasteiger partial charge on any atom is 0.236 e. The first-order valence-corrected chi connectivity index (χ1v) is 9.82. The van der Waals surface area contributed by atoms with Gasteiger partial charge in [-0.25, -0.2) is 0 Å². The van der Waals surface area contributed by atoms with Crippen molar-refractivity contribution >= 4 is 17.7 Å². The Hall–Kier alpha value is -1.04. The largest absolute Gasteiger partial charge is 0.353 e. The van der Waals surface area contributed by atoms with Gasteiger partial charge in [-0.1, -0.05) is 31.0 Å². The minimum absolute atomic E-state index is 0.232. The van der Waals surface area contributed by atoms with E-state index < -0.39 is 0 Å². The van der Waals surface area contributed by atoms with Crippen molar-refractivity contribution in [1.29, 1.82) is 0 Å². The van der Waals surface area contributed by atoms with E-state index in [-0.39, 0.29) is 10.7 Å². The highest BCUT2D eigenvalue weighted by Gasteiger charge is 2.42. The lowest BCUT2D eigenvalue weighted by molar-refractivity contribution is -0.123. The maximum absolute atomic E-state index is 13.0. The Kier molecular flexibility index (Phi) is 5.85. The van der Waals surface area contributed by atoms with Crippen LogP contribution in [0.25, 0.3) is 0 Å². The summed E-state index contributed by atoms with van der Waals surface area (Å²) in [6.45, 7) is 3.95. The van der Waals surface area contributed by atoms with Crippen LogP contribution in [0.5, 0.6) is 0 Å². The number of hydrogen-bond acceptors (Lipinski definition) is 4. The molecule has 0 aromatic heterocycles. The zero-order chi connectivity index (χ0) is 17.0. The minimum atomic E-state index is -0.277. The number of amides is 1. The van der Waals surface area contributed by atoms with Gasteiger partial charge in [-0.2, -0.15) is 0 Å². The summed E-state index contributed by atoms with van der Waals surface area (Å²) in [4.78, 5) is 19.0. The number of carbonyl (C=O) groups excluding carboxylic acids is 1.